The maximum Gasteiger partial charge on any atom is 0.258 e. The van der Waals surface area contributed by atoms with Gasteiger partial charge in [-0.25, -0.2) is 12.7 Å². The Morgan fingerprint density at radius 3 is 2.04 bits per heavy atom. The number of sulfonamides is 1. The van der Waals surface area contributed by atoms with Crippen molar-refractivity contribution in [2.45, 2.75) is 20.0 Å². The van der Waals surface area contributed by atoms with E-state index in [4.69, 9.17) is 9.47 Å². The lowest BCUT2D eigenvalue weighted by molar-refractivity contribution is -0.123. The fraction of sp³-hybridized carbons (Fsp3) is 0.350. The van der Waals surface area contributed by atoms with Gasteiger partial charge in [0.1, 0.15) is 11.5 Å². The van der Waals surface area contributed by atoms with Gasteiger partial charge in [0.15, 0.2) is 6.61 Å². The molecule has 2 aromatic carbocycles. The van der Waals surface area contributed by atoms with Gasteiger partial charge < -0.3 is 14.8 Å². The lowest BCUT2D eigenvalue weighted by atomic mass is 10.2. The first-order chi connectivity index (χ1) is 13.3. The topological polar surface area (TPSA) is 84.9 Å². The molecule has 2 rings (SSSR count). The second kappa shape index (κ2) is 10.1. The van der Waals surface area contributed by atoms with Crippen molar-refractivity contribution in [1.29, 1.82) is 0 Å². The van der Waals surface area contributed by atoms with E-state index in [1.165, 1.54) is 11.4 Å². The number of carbonyl (C=O) groups excluding carboxylic acids is 1. The van der Waals surface area contributed by atoms with E-state index in [0.717, 1.165) is 23.1 Å². The van der Waals surface area contributed by atoms with Gasteiger partial charge in [-0.2, -0.15) is 0 Å². The van der Waals surface area contributed by atoms with Crippen molar-refractivity contribution in [2.24, 2.45) is 0 Å². The molecule has 0 fully saturated rings. The van der Waals surface area contributed by atoms with Crippen molar-refractivity contribution in [2.75, 3.05) is 26.5 Å². The molecule has 152 valence electrons. The Morgan fingerprint density at radius 1 is 0.964 bits per heavy atom. The number of nitrogens with zero attached hydrogens (tertiary/aromatic N) is 1. The molecule has 1 amide bonds. The highest BCUT2D eigenvalue weighted by Crippen LogP contribution is 2.14. The Labute approximate surface area is 166 Å². The molecule has 0 saturated carbocycles. The van der Waals surface area contributed by atoms with Crippen molar-refractivity contribution in [1.82, 2.24) is 9.62 Å². The molecule has 0 aliphatic heterocycles. The lowest BCUT2D eigenvalue weighted by Crippen LogP contribution is -2.28. The maximum absolute atomic E-state index is 11.9. The van der Waals surface area contributed by atoms with Gasteiger partial charge in [-0.3, -0.25) is 4.79 Å². The fourth-order valence-electron chi connectivity index (χ4n) is 2.34. The Morgan fingerprint density at radius 2 is 1.50 bits per heavy atom. The van der Waals surface area contributed by atoms with Crippen molar-refractivity contribution < 1.29 is 22.7 Å². The molecule has 0 radical (unpaired) electrons. The van der Waals surface area contributed by atoms with E-state index in [9.17, 15) is 13.2 Å². The van der Waals surface area contributed by atoms with Crippen molar-refractivity contribution in [3.8, 4) is 11.5 Å². The van der Waals surface area contributed by atoms with Gasteiger partial charge in [-0.1, -0.05) is 24.3 Å². The second-order valence-electron chi connectivity index (χ2n) is 6.31. The van der Waals surface area contributed by atoms with E-state index < -0.39 is 10.0 Å². The monoisotopic (exact) mass is 406 g/mol. The average Bonchev–Trinajstić information content (AvgIpc) is 2.66. The van der Waals surface area contributed by atoms with Crippen LogP contribution in [0.5, 0.6) is 11.5 Å². The molecule has 28 heavy (non-hydrogen) atoms. The number of amides is 1. The van der Waals surface area contributed by atoms with E-state index >= 15 is 0 Å². The van der Waals surface area contributed by atoms with Crippen molar-refractivity contribution >= 4 is 15.9 Å². The largest absolute Gasteiger partial charge is 0.494 e. The van der Waals surface area contributed by atoms with Crippen LogP contribution < -0.4 is 14.8 Å². The number of benzene rings is 2. The van der Waals surface area contributed by atoms with E-state index in [1.807, 2.05) is 31.2 Å². The number of rotatable bonds is 10. The molecule has 0 spiro atoms. The second-order valence-corrected chi connectivity index (χ2v) is 8.39. The van der Waals surface area contributed by atoms with Gasteiger partial charge in [0.25, 0.3) is 5.91 Å². The highest BCUT2D eigenvalue weighted by atomic mass is 32.2. The molecule has 0 aromatic heterocycles. The zero-order valence-electron chi connectivity index (χ0n) is 16.3. The van der Waals surface area contributed by atoms with Gasteiger partial charge >= 0.3 is 0 Å². The molecule has 0 saturated heterocycles. The minimum absolute atomic E-state index is 0.0976. The van der Waals surface area contributed by atoms with Crippen LogP contribution in [0.25, 0.3) is 0 Å². The van der Waals surface area contributed by atoms with Crippen LogP contribution in [0.3, 0.4) is 0 Å². The molecule has 2 aromatic rings. The minimum atomic E-state index is -3.23. The molecule has 0 atom stereocenters. The molecule has 7 nitrogen and oxygen atoms in total. The summed E-state index contributed by atoms with van der Waals surface area (Å²) in [6, 6.07) is 14.5. The van der Waals surface area contributed by atoms with E-state index in [0.29, 0.717) is 18.9 Å². The first kappa shape index (κ1) is 21.7. The smallest absolute Gasteiger partial charge is 0.258 e. The number of ether oxygens (including phenoxy) is 2. The molecule has 0 heterocycles. The minimum Gasteiger partial charge on any atom is -0.494 e. The van der Waals surface area contributed by atoms with Crippen LogP contribution >= 0.6 is 0 Å². The van der Waals surface area contributed by atoms with Gasteiger partial charge in [0, 0.05) is 20.1 Å². The van der Waals surface area contributed by atoms with Gasteiger partial charge in [0.05, 0.1) is 12.9 Å². The van der Waals surface area contributed by atoms with Crippen LogP contribution in [0.4, 0.5) is 0 Å². The van der Waals surface area contributed by atoms with Crippen molar-refractivity contribution in [3.05, 3.63) is 59.7 Å². The standard InChI is InChI=1S/C20H26N2O5S/c1-4-26-18-9-5-16(6-10-18)13-21-20(23)15-27-19-11-7-17(8-12-19)14-22(2)28(3,24)25/h5-12H,4,13-15H2,1-3H3,(H,21,23). The summed E-state index contributed by atoms with van der Waals surface area (Å²) in [7, 11) is -1.70. The SMILES string of the molecule is CCOc1ccc(CNC(=O)COc2ccc(CN(C)S(C)(=O)=O)cc2)cc1. The van der Waals surface area contributed by atoms with Gasteiger partial charge in [-0.05, 0) is 42.3 Å². The van der Waals surface area contributed by atoms with Crippen LogP contribution in [0.15, 0.2) is 48.5 Å². The predicted octanol–water partition coefficient (Wildman–Crippen LogP) is 2.17. The maximum atomic E-state index is 11.9. The third kappa shape index (κ3) is 7.21. The summed E-state index contributed by atoms with van der Waals surface area (Å²) >= 11 is 0. The van der Waals surface area contributed by atoms with Crippen LogP contribution in [-0.2, 0) is 27.9 Å². The lowest BCUT2D eigenvalue weighted by Gasteiger charge is -2.14. The summed E-state index contributed by atoms with van der Waals surface area (Å²) in [6.45, 7) is 3.13. The first-order valence-corrected chi connectivity index (χ1v) is 10.7. The summed E-state index contributed by atoms with van der Waals surface area (Å²) in [4.78, 5) is 11.9. The first-order valence-electron chi connectivity index (χ1n) is 8.89. The Bertz CT molecular complexity index is 864. The Hall–Kier alpha value is -2.58. The third-order valence-corrected chi connectivity index (χ3v) is 5.25. The molecule has 0 aliphatic carbocycles. The van der Waals surface area contributed by atoms with Crippen molar-refractivity contribution in [3.63, 3.8) is 0 Å². The van der Waals surface area contributed by atoms with E-state index in [2.05, 4.69) is 5.32 Å². The quantitative estimate of drug-likeness (QED) is 0.654. The summed E-state index contributed by atoms with van der Waals surface area (Å²) in [5, 5.41) is 2.80. The van der Waals surface area contributed by atoms with Crippen LogP contribution in [0, 0.1) is 0 Å². The van der Waals surface area contributed by atoms with E-state index in [1.54, 1.807) is 24.3 Å². The summed E-state index contributed by atoms with van der Waals surface area (Å²) in [5.41, 5.74) is 1.80. The average molecular weight is 407 g/mol. The van der Waals surface area contributed by atoms with Crippen LogP contribution in [0.1, 0.15) is 18.1 Å². The predicted molar refractivity (Wildman–Crippen MR) is 108 cm³/mol. The molecule has 0 unspecified atom stereocenters. The molecule has 0 bridgehead atoms. The highest BCUT2D eigenvalue weighted by molar-refractivity contribution is 7.88. The normalized spacial score (nSPS) is 11.3. The Balaban J connectivity index is 1.76. The Kier molecular flexibility index (Phi) is 7.83. The highest BCUT2D eigenvalue weighted by Gasteiger charge is 2.11. The van der Waals surface area contributed by atoms with E-state index in [-0.39, 0.29) is 19.1 Å². The molecular weight excluding hydrogens is 380 g/mol. The zero-order valence-corrected chi connectivity index (χ0v) is 17.2. The zero-order chi connectivity index (χ0) is 20.6. The van der Waals surface area contributed by atoms with Gasteiger partial charge in [-0.15, -0.1) is 0 Å². The van der Waals surface area contributed by atoms with Crippen LogP contribution in [0.2, 0.25) is 0 Å². The molecule has 8 heteroatoms. The van der Waals surface area contributed by atoms with Crippen LogP contribution in [-0.4, -0.2) is 45.1 Å². The summed E-state index contributed by atoms with van der Waals surface area (Å²) in [5.74, 6) is 1.11. The van der Waals surface area contributed by atoms with Gasteiger partial charge in [0.2, 0.25) is 10.0 Å². The summed E-state index contributed by atoms with van der Waals surface area (Å²) < 4.78 is 35.0. The molecular formula is C20H26N2O5S. The number of nitrogens with one attached hydrogen (secondary N) is 1. The molecule has 0 aliphatic rings. The fourth-order valence-corrected chi connectivity index (χ4v) is 2.72. The number of hydrogen-bond acceptors (Lipinski definition) is 5. The molecule has 1 N–H and O–H groups in total. The number of hydrogen-bond donors (Lipinski definition) is 1. The summed E-state index contributed by atoms with van der Waals surface area (Å²) in [6.07, 6.45) is 1.16. The third-order valence-electron chi connectivity index (χ3n) is 3.99. The number of carbonyl (C=O) groups is 1.